The van der Waals surface area contributed by atoms with Gasteiger partial charge in [0.15, 0.2) is 11.5 Å². The Kier molecular flexibility index (Phi) is 5.22. The second-order valence-electron chi connectivity index (χ2n) is 4.50. The van der Waals surface area contributed by atoms with E-state index in [1.807, 2.05) is 0 Å². The quantitative estimate of drug-likeness (QED) is 0.917. The number of benzene rings is 2. The number of ether oxygens (including phenoxy) is 2. The Labute approximate surface area is 132 Å². The lowest BCUT2D eigenvalue weighted by Gasteiger charge is -2.10. The molecule has 2 rings (SSSR count). The minimum Gasteiger partial charge on any atom is -0.493 e. The third-order valence-electron chi connectivity index (χ3n) is 3.07. The van der Waals surface area contributed by atoms with E-state index in [0.717, 1.165) is 11.6 Å². The molecular formula is C16H15ClFNO3. The van der Waals surface area contributed by atoms with Gasteiger partial charge in [0.2, 0.25) is 0 Å². The smallest absolute Gasteiger partial charge is 0.254 e. The van der Waals surface area contributed by atoms with Gasteiger partial charge in [0, 0.05) is 11.6 Å². The van der Waals surface area contributed by atoms with Crippen molar-refractivity contribution in [3.05, 3.63) is 58.4 Å². The van der Waals surface area contributed by atoms with Crippen molar-refractivity contribution < 1.29 is 18.7 Å². The summed E-state index contributed by atoms with van der Waals surface area (Å²) in [6.07, 6.45) is 0. The van der Waals surface area contributed by atoms with Crippen molar-refractivity contribution in [2.75, 3.05) is 14.2 Å². The topological polar surface area (TPSA) is 47.6 Å². The van der Waals surface area contributed by atoms with Crippen LogP contribution in [0.15, 0.2) is 36.4 Å². The van der Waals surface area contributed by atoms with Crippen LogP contribution < -0.4 is 14.8 Å². The molecule has 0 saturated carbocycles. The summed E-state index contributed by atoms with van der Waals surface area (Å²) < 4.78 is 23.9. The van der Waals surface area contributed by atoms with Crippen LogP contribution in [0.3, 0.4) is 0 Å². The number of hydrogen-bond donors (Lipinski definition) is 1. The van der Waals surface area contributed by atoms with Crippen molar-refractivity contribution in [3.8, 4) is 11.5 Å². The predicted molar refractivity (Wildman–Crippen MR) is 82.1 cm³/mol. The maximum Gasteiger partial charge on any atom is 0.254 e. The first-order valence-corrected chi connectivity index (χ1v) is 6.87. The van der Waals surface area contributed by atoms with Crippen LogP contribution in [0.4, 0.5) is 4.39 Å². The van der Waals surface area contributed by atoms with Crippen molar-refractivity contribution in [1.29, 1.82) is 0 Å². The van der Waals surface area contributed by atoms with E-state index in [0.29, 0.717) is 16.5 Å². The molecule has 0 radical (unpaired) electrons. The molecule has 116 valence electrons. The Balaban J connectivity index is 2.09. The van der Waals surface area contributed by atoms with E-state index in [4.69, 9.17) is 21.1 Å². The average Bonchev–Trinajstić information content (AvgIpc) is 2.54. The molecule has 0 atom stereocenters. The molecule has 6 heteroatoms. The van der Waals surface area contributed by atoms with Gasteiger partial charge in [-0.2, -0.15) is 0 Å². The maximum absolute atomic E-state index is 13.6. The van der Waals surface area contributed by atoms with E-state index < -0.39 is 11.7 Å². The van der Waals surface area contributed by atoms with Crippen LogP contribution >= 0.6 is 11.6 Å². The lowest BCUT2D eigenvalue weighted by atomic mass is 10.1. The highest BCUT2D eigenvalue weighted by atomic mass is 35.5. The van der Waals surface area contributed by atoms with Crippen molar-refractivity contribution in [1.82, 2.24) is 5.32 Å². The number of halogens is 2. The summed E-state index contributed by atoms with van der Waals surface area (Å²) in [5.41, 5.74) is 0.710. The first-order valence-electron chi connectivity index (χ1n) is 6.49. The molecule has 0 aliphatic carbocycles. The molecule has 0 heterocycles. The fraction of sp³-hybridized carbons (Fsp3) is 0.188. The second-order valence-corrected chi connectivity index (χ2v) is 4.93. The van der Waals surface area contributed by atoms with Gasteiger partial charge < -0.3 is 14.8 Å². The molecule has 0 aliphatic rings. The van der Waals surface area contributed by atoms with Crippen LogP contribution in [0.5, 0.6) is 11.5 Å². The minimum atomic E-state index is -0.616. The van der Waals surface area contributed by atoms with Gasteiger partial charge in [-0.15, -0.1) is 0 Å². The third kappa shape index (κ3) is 3.68. The molecule has 0 unspecified atom stereocenters. The van der Waals surface area contributed by atoms with Crippen molar-refractivity contribution in [2.24, 2.45) is 0 Å². The first kappa shape index (κ1) is 16.1. The molecule has 0 aromatic heterocycles. The van der Waals surface area contributed by atoms with Crippen LogP contribution in [0, 0.1) is 5.82 Å². The fourth-order valence-electron chi connectivity index (χ4n) is 1.94. The highest BCUT2D eigenvalue weighted by Gasteiger charge is 2.12. The normalized spacial score (nSPS) is 10.2. The van der Waals surface area contributed by atoms with Crippen LogP contribution in [0.25, 0.3) is 0 Å². The second kappa shape index (κ2) is 7.13. The minimum absolute atomic E-state index is 0.0898. The molecule has 1 amide bonds. The van der Waals surface area contributed by atoms with E-state index in [9.17, 15) is 9.18 Å². The Hall–Kier alpha value is -2.27. The SMILES string of the molecule is COc1ccc(CNC(=O)c2cc(Cl)ccc2F)cc1OC. The van der Waals surface area contributed by atoms with Gasteiger partial charge >= 0.3 is 0 Å². The third-order valence-corrected chi connectivity index (χ3v) is 3.31. The Morgan fingerprint density at radius 2 is 1.86 bits per heavy atom. The number of carbonyl (C=O) groups is 1. The molecule has 1 N–H and O–H groups in total. The number of carbonyl (C=O) groups excluding carboxylic acids is 1. The fourth-order valence-corrected chi connectivity index (χ4v) is 2.11. The van der Waals surface area contributed by atoms with Gasteiger partial charge in [-0.1, -0.05) is 17.7 Å². The van der Waals surface area contributed by atoms with Crippen molar-refractivity contribution >= 4 is 17.5 Å². The van der Waals surface area contributed by atoms with Crippen LogP contribution in [0.1, 0.15) is 15.9 Å². The van der Waals surface area contributed by atoms with Gasteiger partial charge in [-0.25, -0.2) is 4.39 Å². The molecule has 0 saturated heterocycles. The van der Waals surface area contributed by atoms with Gasteiger partial charge in [0.05, 0.1) is 19.8 Å². The van der Waals surface area contributed by atoms with E-state index >= 15 is 0 Å². The van der Waals surface area contributed by atoms with E-state index in [2.05, 4.69) is 5.32 Å². The van der Waals surface area contributed by atoms with Gasteiger partial charge in [0.1, 0.15) is 5.82 Å². The summed E-state index contributed by atoms with van der Waals surface area (Å²) in [5.74, 6) is 0.00523. The number of amides is 1. The summed E-state index contributed by atoms with van der Waals surface area (Å²) in [5, 5.41) is 2.94. The number of hydrogen-bond acceptors (Lipinski definition) is 3. The van der Waals surface area contributed by atoms with E-state index in [1.54, 1.807) is 25.3 Å². The van der Waals surface area contributed by atoms with Gasteiger partial charge in [-0.3, -0.25) is 4.79 Å². The van der Waals surface area contributed by atoms with Crippen LogP contribution in [-0.2, 0) is 6.54 Å². The summed E-state index contributed by atoms with van der Waals surface area (Å²) in [4.78, 5) is 12.0. The molecule has 0 fully saturated rings. The predicted octanol–water partition coefficient (Wildman–Crippen LogP) is 3.43. The molecule has 0 aliphatic heterocycles. The largest absolute Gasteiger partial charge is 0.493 e. The monoisotopic (exact) mass is 323 g/mol. The molecular weight excluding hydrogens is 309 g/mol. The Morgan fingerprint density at radius 1 is 1.14 bits per heavy atom. The summed E-state index contributed by atoms with van der Waals surface area (Å²) in [6, 6.07) is 9.11. The van der Waals surface area contributed by atoms with Crippen molar-refractivity contribution in [2.45, 2.75) is 6.54 Å². The molecule has 22 heavy (non-hydrogen) atoms. The van der Waals surface area contributed by atoms with E-state index in [-0.39, 0.29) is 12.1 Å². The lowest BCUT2D eigenvalue weighted by Crippen LogP contribution is -2.23. The zero-order valence-electron chi connectivity index (χ0n) is 12.2. The molecule has 0 bridgehead atoms. The number of methoxy groups -OCH3 is 2. The summed E-state index contributed by atoms with van der Waals surface area (Å²) in [7, 11) is 3.07. The summed E-state index contributed by atoms with van der Waals surface area (Å²) >= 11 is 5.77. The standard InChI is InChI=1S/C16H15ClFNO3/c1-21-14-6-3-10(7-15(14)22-2)9-19-16(20)12-8-11(17)4-5-13(12)18/h3-8H,9H2,1-2H3,(H,19,20). The van der Waals surface area contributed by atoms with Gasteiger partial charge in [-0.05, 0) is 35.9 Å². The number of nitrogens with one attached hydrogen (secondary N) is 1. The Bertz CT molecular complexity index is 691. The summed E-state index contributed by atoms with van der Waals surface area (Å²) in [6.45, 7) is 0.227. The highest BCUT2D eigenvalue weighted by molar-refractivity contribution is 6.31. The van der Waals surface area contributed by atoms with E-state index in [1.165, 1.54) is 19.2 Å². The number of rotatable bonds is 5. The lowest BCUT2D eigenvalue weighted by molar-refractivity contribution is 0.0947. The average molecular weight is 324 g/mol. The molecule has 2 aromatic carbocycles. The molecule has 0 spiro atoms. The molecule has 2 aromatic rings. The first-order chi connectivity index (χ1) is 10.5. The zero-order valence-corrected chi connectivity index (χ0v) is 12.9. The maximum atomic E-state index is 13.6. The van der Waals surface area contributed by atoms with Crippen LogP contribution in [-0.4, -0.2) is 20.1 Å². The van der Waals surface area contributed by atoms with Crippen molar-refractivity contribution in [3.63, 3.8) is 0 Å². The molecule has 4 nitrogen and oxygen atoms in total. The van der Waals surface area contributed by atoms with Crippen LogP contribution in [0.2, 0.25) is 5.02 Å². The zero-order chi connectivity index (χ0) is 16.1. The highest BCUT2D eigenvalue weighted by Crippen LogP contribution is 2.27. The Morgan fingerprint density at radius 3 is 2.55 bits per heavy atom. The van der Waals surface area contributed by atoms with Gasteiger partial charge in [0.25, 0.3) is 5.91 Å².